The van der Waals surface area contributed by atoms with Crippen LogP contribution >= 0.6 is 0 Å². The first kappa shape index (κ1) is 26.2. The monoisotopic (exact) mass is 390 g/mol. The predicted octanol–water partition coefficient (Wildman–Crippen LogP) is 4.99. The van der Waals surface area contributed by atoms with Gasteiger partial charge in [0.1, 0.15) is 18.0 Å². The molecule has 0 aromatic heterocycles. The Balaban J connectivity index is 4.74. The van der Waals surface area contributed by atoms with Gasteiger partial charge in [0.15, 0.2) is 5.78 Å². The van der Waals surface area contributed by atoms with Crippen molar-refractivity contribution in [1.29, 1.82) is 0 Å². The Morgan fingerprint density at radius 1 is 1.07 bits per heavy atom. The van der Waals surface area contributed by atoms with Gasteiger partial charge >= 0.3 is 0 Å². The second-order valence-corrected chi connectivity index (χ2v) is 7.47. The van der Waals surface area contributed by atoms with Crippen LogP contribution in [0.25, 0.3) is 0 Å². The Kier molecular flexibility index (Phi) is 13.3. The number of Topliss-reactive ketones (excluding diaryl/α,β-unsaturated/α-hetero) is 2. The number of aliphatic hydroxyl groups is 1. The highest BCUT2D eigenvalue weighted by Gasteiger charge is 2.31. The molecular formula is C24H38O4. The molecule has 1 N–H and O–H groups in total. The van der Waals surface area contributed by atoms with Crippen molar-refractivity contribution in [2.45, 2.75) is 73.0 Å². The Labute approximate surface area is 171 Å². The van der Waals surface area contributed by atoms with Crippen LogP contribution in [0.5, 0.6) is 0 Å². The Morgan fingerprint density at radius 3 is 2.25 bits per heavy atom. The number of ether oxygens (including phenoxy) is 1. The van der Waals surface area contributed by atoms with Crippen LogP contribution in [0, 0.1) is 11.8 Å². The van der Waals surface area contributed by atoms with Crippen molar-refractivity contribution in [1.82, 2.24) is 0 Å². The molecule has 4 nitrogen and oxygen atoms in total. The summed E-state index contributed by atoms with van der Waals surface area (Å²) in [5, 5.41) is 10.5. The summed E-state index contributed by atoms with van der Waals surface area (Å²) in [6, 6.07) is 0. The van der Waals surface area contributed by atoms with Crippen LogP contribution in [0.4, 0.5) is 0 Å². The molecule has 0 bridgehead atoms. The minimum Gasteiger partial charge on any atom is -0.386 e. The molecule has 0 fully saturated rings. The van der Waals surface area contributed by atoms with Crippen molar-refractivity contribution in [3.8, 4) is 0 Å². The van der Waals surface area contributed by atoms with E-state index in [0.717, 1.165) is 12.8 Å². The molecule has 0 radical (unpaired) electrons. The molecule has 4 heteroatoms. The molecule has 0 aromatic rings. The molecule has 28 heavy (non-hydrogen) atoms. The summed E-state index contributed by atoms with van der Waals surface area (Å²) < 4.78 is 5.29. The summed E-state index contributed by atoms with van der Waals surface area (Å²) in [7, 11) is 1.43. The fourth-order valence-corrected chi connectivity index (χ4v) is 2.60. The van der Waals surface area contributed by atoms with E-state index in [9.17, 15) is 14.7 Å². The summed E-state index contributed by atoms with van der Waals surface area (Å²) in [6.45, 7) is 11.1. The summed E-state index contributed by atoms with van der Waals surface area (Å²) in [5.41, 5.74) is 1.91. The average molecular weight is 391 g/mol. The smallest absolute Gasteiger partial charge is 0.167 e. The number of carbonyl (C=O) groups excluding carboxylic acids is 2. The van der Waals surface area contributed by atoms with E-state index in [0.29, 0.717) is 12.0 Å². The standard InChI is InChI=1S/C24H38O4/c1-8-17(2)14-12-10-9-11-13-15-18(3)22(26)24(28-7)23(27)20(5)16-19(4)21(6)25/h9-12,14,16,18-19,23-24,27H,8,13,15H2,1-7H3/b11-9+,12-10+,17-14+,20-16+/t18?,19-,23?,24+/m1/s1. The molecular weight excluding hydrogens is 352 g/mol. The maximum absolute atomic E-state index is 12.7. The number of ketones is 2. The van der Waals surface area contributed by atoms with Crippen LogP contribution < -0.4 is 0 Å². The van der Waals surface area contributed by atoms with E-state index in [1.807, 2.05) is 31.2 Å². The van der Waals surface area contributed by atoms with Gasteiger partial charge in [-0.3, -0.25) is 9.59 Å². The highest BCUT2D eigenvalue weighted by atomic mass is 16.5. The van der Waals surface area contributed by atoms with Crippen LogP contribution in [0.3, 0.4) is 0 Å². The van der Waals surface area contributed by atoms with E-state index in [1.165, 1.54) is 19.6 Å². The first-order chi connectivity index (χ1) is 13.1. The number of rotatable bonds is 13. The van der Waals surface area contributed by atoms with Gasteiger partial charge in [0, 0.05) is 18.9 Å². The van der Waals surface area contributed by atoms with Crippen molar-refractivity contribution >= 4 is 11.6 Å². The minimum absolute atomic E-state index is 0.0152. The zero-order chi connectivity index (χ0) is 21.7. The first-order valence-corrected chi connectivity index (χ1v) is 10.1. The van der Waals surface area contributed by atoms with Gasteiger partial charge in [-0.15, -0.1) is 0 Å². The lowest BCUT2D eigenvalue weighted by atomic mass is 9.90. The Morgan fingerprint density at radius 2 is 1.71 bits per heavy atom. The van der Waals surface area contributed by atoms with Crippen molar-refractivity contribution < 1.29 is 19.4 Å². The average Bonchev–Trinajstić information content (AvgIpc) is 2.66. The van der Waals surface area contributed by atoms with Crippen LogP contribution in [0.2, 0.25) is 0 Å². The zero-order valence-electron chi connectivity index (χ0n) is 18.6. The molecule has 0 aromatic carbocycles. The fraction of sp³-hybridized carbons (Fsp3) is 0.583. The third-order valence-electron chi connectivity index (χ3n) is 4.99. The zero-order valence-corrected chi connectivity index (χ0v) is 18.6. The van der Waals surface area contributed by atoms with Gasteiger partial charge in [-0.1, -0.05) is 62.8 Å². The lowest BCUT2D eigenvalue weighted by Crippen LogP contribution is -2.39. The molecule has 4 atom stereocenters. The number of hydrogen-bond acceptors (Lipinski definition) is 4. The fourth-order valence-electron chi connectivity index (χ4n) is 2.60. The molecule has 0 saturated carbocycles. The first-order valence-electron chi connectivity index (χ1n) is 10.1. The van der Waals surface area contributed by atoms with Gasteiger partial charge in [-0.25, -0.2) is 0 Å². The van der Waals surface area contributed by atoms with Gasteiger partial charge in [-0.05, 0) is 45.6 Å². The third-order valence-corrected chi connectivity index (χ3v) is 4.99. The lowest BCUT2D eigenvalue weighted by molar-refractivity contribution is -0.137. The summed E-state index contributed by atoms with van der Waals surface area (Å²) >= 11 is 0. The van der Waals surface area contributed by atoms with Gasteiger partial charge in [0.05, 0.1) is 0 Å². The largest absolute Gasteiger partial charge is 0.386 e. The van der Waals surface area contributed by atoms with Crippen LogP contribution in [0.1, 0.15) is 60.8 Å². The molecule has 0 aliphatic carbocycles. The highest BCUT2D eigenvalue weighted by Crippen LogP contribution is 2.19. The van der Waals surface area contributed by atoms with Crippen LogP contribution in [0.15, 0.2) is 47.6 Å². The van der Waals surface area contributed by atoms with Crippen molar-refractivity contribution in [3.63, 3.8) is 0 Å². The van der Waals surface area contributed by atoms with E-state index >= 15 is 0 Å². The molecule has 0 heterocycles. The summed E-state index contributed by atoms with van der Waals surface area (Å²) in [4.78, 5) is 24.1. The number of aliphatic hydroxyl groups excluding tert-OH is 1. The van der Waals surface area contributed by atoms with Crippen LogP contribution in [-0.2, 0) is 14.3 Å². The molecule has 0 aliphatic rings. The highest BCUT2D eigenvalue weighted by molar-refractivity contribution is 5.86. The second kappa shape index (κ2) is 14.3. The third kappa shape index (κ3) is 9.95. The number of carbonyl (C=O) groups is 2. The number of allylic oxidation sites excluding steroid dienone is 7. The molecule has 158 valence electrons. The van der Waals surface area contributed by atoms with Crippen LogP contribution in [-0.4, -0.2) is 36.0 Å². The van der Waals surface area contributed by atoms with Crippen molar-refractivity contribution in [2.24, 2.45) is 11.8 Å². The topological polar surface area (TPSA) is 63.6 Å². The maximum Gasteiger partial charge on any atom is 0.167 e. The number of hydrogen-bond donors (Lipinski definition) is 1. The molecule has 0 spiro atoms. The summed E-state index contributed by atoms with van der Waals surface area (Å²) in [6.07, 6.45) is 12.3. The van der Waals surface area contributed by atoms with Gasteiger partial charge in [-0.2, -0.15) is 0 Å². The van der Waals surface area contributed by atoms with E-state index in [2.05, 4.69) is 19.9 Å². The lowest BCUT2D eigenvalue weighted by Gasteiger charge is -2.24. The minimum atomic E-state index is -1.05. The van der Waals surface area contributed by atoms with E-state index in [4.69, 9.17) is 4.74 Å². The molecule has 0 rings (SSSR count). The van der Waals surface area contributed by atoms with E-state index < -0.39 is 12.2 Å². The molecule has 0 aliphatic heterocycles. The Hall–Kier alpha value is -1.78. The second-order valence-electron chi connectivity index (χ2n) is 7.47. The van der Waals surface area contributed by atoms with Crippen molar-refractivity contribution in [3.05, 3.63) is 47.6 Å². The SMILES string of the molecule is CC/C(C)=C/C=C/C=C/CCC(C)C(=O)[C@H](OC)C(O)/C(C)=C/[C@@H](C)C(C)=O. The quantitative estimate of drug-likeness (QED) is 0.355. The van der Waals surface area contributed by atoms with Gasteiger partial charge in [0.2, 0.25) is 0 Å². The van der Waals surface area contributed by atoms with Crippen molar-refractivity contribution in [2.75, 3.05) is 7.11 Å². The summed E-state index contributed by atoms with van der Waals surface area (Å²) in [5.74, 6) is -0.632. The van der Waals surface area contributed by atoms with Gasteiger partial charge in [0.25, 0.3) is 0 Å². The molecule has 2 unspecified atom stereocenters. The maximum atomic E-state index is 12.7. The molecule has 0 saturated heterocycles. The van der Waals surface area contributed by atoms with E-state index in [1.54, 1.807) is 19.9 Å². The molecule has 0 amide bonds. The predicted molar refractivity (Wildman–Crippen MR) is 116 cm³/mol. The normalized spacial score (nSPS) is 17.7. The van der Waals surface area contributed by atoms with E-state index in [-0.39, 0.29) is 23.4 Å². The Bertz CT molecular complexity index is 610. The number of methoxy groups -OCH3 is 1. The van der Waals surface area contributed by atoms with Gasteiger partial charge < -0.3 is 9.84 Å².